The Bertz CT molecular complexity index is 598. The van der Waals surface area contributed by atoms with E-state index in [1.807, 2.05) is 4.90 Å². The Balaban J connectivity index is 1.96. The van der Waals surface area contributed by atoms with Crippen molar-refractivity contribution in [1.29, 1.82) is 0 Å². The maximum atomic E-state index is 12.6. The number of carbonyl (C=O) groups is 2. The van der Waals surface area contributed by atoms with Gasteiger partial charge in [0.05, 0.1) is 5.56 Å². The first-order valence-corrected chi connectivity index (χ1v) is 7.13. The summed E-state index contributed by atoms with van der Waals surface area (Å²) >= 11 is 5.97. The molecule has 1 aliphatic heterocycles. The average Bonchev–Trinajstić information content (AvgIpc) is 3.13. The van der Waals surface area contributed by atoms with Crippen molar-refractivity contribution in [1.82, 2.24) is 9.88 Å². The second-order valence-corrected chi connectivity index (χ2v) is 5.91. The molecule has 1 atom stereocenters. The van der Waals surface area contributed by atoms with Crippen molar-refractivity contribution in [3.63, 3.8) is 0 Å². The normalized spacial score (nSPS) is 18.9. The minimum atomic E-state index is -0.261. The van der Waals surface area contributed by atoms with Gasteiger partial charge < -0.3 is 10.2 Å². The third kappa shape index (κ3) is 2.26. The fraction of sp³-hybridized carbons (Fsp3) is 0.500. The summed E-state index contributed by atoms with van der Waals surface area (Å²) < 4.78 is 0. The topological polar surface area (TPSA) is 62.3 Å². The van der Waals surface area contributed by atoms with Gasteiger partial charge in [0, 0.05) is 19.5 Å². The molecule has 0 unspecified atom stereocenters. The average molecular weight is 294 g/mol. The molecule has 0 bridgehead atoms. The number of hydrogen-bond donors (Lipinski definition) is 1. The molecule has 1 aliphatic carbocycles. The number of halogens is 1. The highest BCUT2D eigenvalue weighted by atomic mass is 35.5. The van der Waals surface area contributed by atoms with Crippen molar-refractivity contribution >= 4 is 29.2 Å². The van der Waals surface area contributed by atoms with Crippen LogP contribution in [0.3, 0.4) is 0 Å². The number of nitrogens with zero attached hydrogens (tertiary/aromatic N) is 2. The second-order valence-electron chi connectivity index (χ2n) is 5.52. The van der Waals surface area contributed by atoms with Crippen LogP contribution in [-0.2, 0) is 11.3 Å². The molecule has 0 saturated heterocycles. The minimum absolute atomic E-state index is 0.0627. The van der Waals surface area contributed by atoms with Crippen molar-refractivity contribution < 1.29 is 9.59 Å². The molecule has 1 saturated carbocycles. The molecule has 1 aromatic heterocycles. The Morgan fingerprint density at radius 3 is 2.85 bits per heavy atom. The van der Waals surface area contributed by atoms with E-state index in [2.05, 4.69) is 17.2 Å². The van der Waals surface area contributed by atoms with E-state index in [1.165, 1.54) is 19.8 Å². The van der Waals surface area contributed by atoms with Crippen LogP contribution < -0.4 is 5.32 Å². The SMILES string of the molecule is CC(=O)Nc1nc(Cl)cc2c1C(=O)N([C@@H](C)C1CC1)C2. The molecular formula is C14H16ClN3O2. The summed E-state index contributed by atoms with van der Waals surface area (Å²) in [7, 11) is 0. The maximum Gasteiger partial charge on any atom is 0.258 e. The molecule has 2 heterocycles. The van der Waals surface area contributed by atoms with Crippen LogP contribution in [0.25, 0.3) is 0 Å². The van der Waals surface area contributed by atoms with Gasteiger partial charge in [-0.2, -0.15) is 0 Å². The number of carbonyl (C=O) groups excluding carboxylic acids is 2. The summed E-state index contributed by atoms with van der Waals surface area (Å²) in [4.78, 5) is 29.7. The van der Waals surface area contributed by atoms with Gasteiger partial charge in [0.2, 0.25) is 5.91 Å². The van der Waals surface area contributed by atoms with Crippen molar-refractivity contribution in [3.05, 3.63) is 22.3 Å². The van der Waals surface area contributed by atoms with E-state index in [0.717, 1.165) is 5.56 Å². The van der Waals surface area contributed by atoms with Gasteiger partial charge in [-0.1, -0.05) is 11.6 Å². The Kier molecular flexibility index (Phi) is 3.17. The van der Waals surface area contributed by atoms with Crippen molar-refractivity contribution in [2.24, 2.45) is 5.92 Å². The van der Waals surface area contributed by atoms with Gasteiger partial charge in [0.25, 0.3) is 5.91 Å². The fourth-order valence-corrected chi connectivity index (χ4v) is 2.96. The van der Waals surface area contributed by atoms with E-state index in [0.29, 0.717) is 23.2 Å². The van der Waals surface area contributed by atoms with Gasteiger partial charge in [0.15, 0.2) is 0 Å². The molecule has 2 aliphatic rings. The third-order valence-corrected chi connectivity index (χ3v) is 4.17. The van der Waals surface area contributed by atoms with E-state index in [1.54, 1.807) is 6.07 Å². The van der Waals surface area contributed by atoms with Gasteiger partial charge in [-0.3, -0.25) is 9.59 Å². The van der Waals surface area contributed by atoms with Gasteiger partial charge in [-0.15, -0.1) is 0 Å². The van der Waals surface area contributed by atoms with Gasteiger partial charge >= 0.3 is 0 Å². The summed E-state index contributed by atoms with van der Waals surface area (Å²) in [5.74, 6) is 0.548. The molecule has 0 spiro atoms. The highest BCUT2D eigenvalue weighted by molar-refractivity contribution is 6.30. The van der Waals surface area contributed by atoms with Crippen LogP contribution in [0.15, 0.2) is 6.07 Å². The third-order valence-electron chi connectivity index (χ3n) is 3.98. The first-order valence-electron chi connectivity index (χ1n) is 6.75. The molecule has 0 radical (unpaired) electrons. The van der Waals surface area contributed by atoms with E-state index in [4.69, 9.17) is 11.6 Å². The monoisotopic (exact) mass is 293 g/mol. The Morgan fingerprint density at radius 1 is 1.55 bits per heavy atom. The maximum absolute atomic E-state index is 12.6. The molecule has 2 amide bonds. The second kappa shape index (κ2) is 4.74. The van der Waals surface area contributed by atoms with E-state index in [-0.39, 0.29) is 23.7 Å². The molecule has 5 nitrogen and oxygen atoms in total. The van der Waals surface area contributed by atoms with Crippen molar-refractivity contribution in [2.75, 3.05) is 5.32 Å². The highest BCUT2D eigenvalue weighted by Crippen LogP contribution is 2.39. The standard InChI is InChI=1S/C14H16ClN3O2/c1-7(9-3-4-9)18-6-10-5-11(15)17-13(16-8(2)19)12(10)14(18)20/h5,7,9H,3-4,6H2,1-2H3,(H,16,17,19)/t7-/m0/s1. The lowest BCUT2D eigenvalue weighted by molar-refractivity contribution is -0.114. The lowest BCUT2D eigenvalue weighted by Gasteiger charge is -2.23. The quantitative estimate of drug-likeness (QED) is 0.871. The summed E-state index contributed by atoms with van der Waals surface area (Å²) in [6.45, 7) is 4.01. The zero-order chi connectivity index (χ0) is 14.4. The number of nitrogens with one attached hydrogen (secondary N) is 1. The predicted octanol–water partition coefficient (Wildman–Crippen LogP) is 2.45. The minimum Gasteiger partial charge on any atom is -0.331 e. The molecule has 1 fully saturated rings. The molecule has 20 heavy (non-hydrogen) atoms. The van der Waals surface area contributed by atoms with Crippen LogP contribution in [-0.4, -0.2) is 27.7 Å². The molecule has 3 rings (SSSR count). The number of anilines is 1. The zero-order valence-corrected chi connectivity index (χ0v) is 12.2. The first kappa shape index (κ1) is 13.4. The van der Waals surface area contributed by atoms with Crippen molar-refractivity contribution in [2.45, 2.75) is 39.3 Å². The number of rotatable bonds is 3. The summed E-state index contributed by atoms with van der Waals surface area (Å²) in [5.41, 5.74) is 1.32. The van der Waals surface area contributed by atoms with Crippen molar-refractivity contribution in [3.8, 4) is 0 Å². The molecule has 1 N–H and O–H groups in total. The highest BCUT2D eigenvalue weighted by Gasteiger charge is 2.40. The summed E-state index contributed by atoms with van der Waals surface area (Å²) in [5, 5.41) is 2.89. The number of fused-ring (bicyclic) bond motifs is 1. The Morgan fingerprint density at radius 2 is 2.25 bits per heavy atom. The smallest absolute Gasteiger partial charge is 0.258 e. The largest absolute Gasteiger partial charge is 0.331 e. The van der Waals surface area contributed by atoms with Crippen LogP contribution in [0, 0.1) is 5.92 Å². The van der Waals surface area contributed by atoms with E-state index in [9.17, 15) is 9.59 Å². The van der Waals surface area contributed by atoms with Crippen LogP contribution in [0.1, 0.15) is 42.6 Å². The Labute approximate surface area is 122 Å². The zero-order valence-electron chi connectivity index (χ0n) is 11.4. The van der Waals surface area contributed by atoms with Gasteiger partial charge in [-0.25, -0.2) is 4.98 Å². The van der Waals surface area contributed by atoms with Gasteiger partial charge in [-0.05, 0) is 37.3 Å². The molecule has 1 aromatic rings. The lowest BCUT2D eigenvalue weighted by atomic mass is 10.1. The molecule has 106 valence electrons. The van der Waals surface area contributed by atoms with Crippen LogP contribution in [0.2, 0.25) is 5.15 Å². The van der Waals surface area contributed by atoms with Crippen LogP contribution >= 0.6 is 11.6 Å². The summed E-state index contributed by atoms with van der Waals surface area (Å²) in [6.07, 6.45) is 2.36. The number of amides is 2. The Hall–Kier alpha value is -1.62. The number of aromatic nitrogens is 1. The number of hydrogen-bond acceptors (Lipinski definition) is 3. The molecular weight excluding hydrogens is 278 g/mol. The fourth-order valence-electron chi connectivity index (χ4n) is 2.74. The van der Waals surface area contributed by atoms with Crippen LogP contribution in [0.4, 0.5) is 5.82 Å². The number of pyridine rings is 1. The predicted molar refractivity (Wildman–Crippen MR) is 75.6 cm³/mol. The molecule has 0 aromatic carbocycles. The summed E-state index contributed by atoms with van der Waals surface area (Å²) in [6, 6.07) is 1.93. The molecule has 6 heteroatoms. The lowest BCUT2D eigenvalue weighted by Crippen LogP contribution is -2.35. The van der Waals surface area contributed by atoms with E-state index >= 15 is 0 Å². The van der Waals surface area contributed by atoms with Crippen LogP contribution in [0.5, 0.6) is 0 Å². The first-order chi connectivity index (χ1) is 9.47. The van der Waals surface area contributed by atoms with Gasteiger partial charge in [0.1, 0.15) is 11.0 Å². The van der Waals surface area contributed by atoms with E-state index < -0.39 is 0 Å².